The van der Waals surface area contributed by atoms with Gasteiger partial charge in [0.15, 0.2) is 0 Å². The summed E-state index contributed by atoms with van der Waals surface area (Å²) in [6.07, 6.45) is 3.76. The van der Waals surface area contributed by atoms with Crippen molar-refractivity contribution in [3.63, 3.8) is 0 Å². The SMILES string of the molecule is CCc1cccc(C)c1Nc1ncc(C(=O)Nc2ccccc2C(=O)OC)cn1. The summed E-state index contributed by atoms with van der Waals surface area (Å²) in [5, 5.41) is 5.92. The molecule has 29 heavy (non-hydrogen) atoms. The zero-order valence-electron chi connectivity index (χ0n) is 16.5. The summed E-state index contributed by atoms with van der Waals surface area (Å²) in [5.41, 5.74) is 4.13. The number of aromatic nitrogens is 2. The highest BCUT2D eigenvalue weighted by molar-refractivity contribution is 6.07. The highest BCUT2D eigenvalue weighted by Crippen LogP contribution is 2.24. The van der Waals surface area contributed by atoms with E-state index in [4.69, 9.17) is 4.74 Å². The van der Waals surface area contributed by atoms with Crippen molar-refractivity contribution in [1.29, 1.82) is 0 Å². The standard InChI is InChI=1S/C22H22N4O3/c1-4-15-9-7-8-14(2)19(15)26-22-23-12-16(13-24-22)20(27)25-18-11-6-5-10-17(18)21(28)29-3/h5-13H,4H2,1-3H3,(H,25,27)(H,23,24,26). The maximum Gasteiger partial charge on any atom is 0.339 e. The van der Waals surface area contributed by atoms with Crippen LogP contribution in [0.25, 0.3) is 0 Å². The van der Waals surface area contributed by atoms with Gasteiger partial charge in [0, 0.05) is 18.1 Å². The number of esters is 1. The Hall–Kier alpha value is -3.74. The van der Waals surface area contributed by atoms with E-state index in [0.29, 0.717) is 11.6 Å². The number of benzene rings is 2. The van der Waals surface area contributed by atoms with Gasteiger partial charge in [0.05, 0.1) is 23.9 Å². The molecule has 0 radical (unpaired) electrons. The topological polar surface area (TPSA) is 93.2 Å². The van der Waals surface area contributed by atoms with Gasteiger partial charge in [-0.25, -0.2) is 14.8 Å². The number of anilines is 3. The molecule has 0 aliphatic rings. The molecule has 3 rings (SSSR count). The minimum absolute atomic E-state index is 0.272. The number of nitrogens with one attached hydrogen (secondary N) is 2. The Labute approximate surface area is 169 Å². The molecule has 3 aromatic rings. The Morgan fingerprint density at radius 2 is 1.76 bits per heavy atom. The average Bonchev–Trinajstić information content (AvgIpc) is 2.75. The lowest BCUT2D eigenvalue weighted by molar-refractivity contribution is 0.0602. The van der Waals surface area contributed by atoms with Crippen molar-refractivity contribution in [2.75, 3.05) is 17.7 Å². The third-order valence-electron chi connectivity index (χ3n) is 4.47. The van der Waals surface area contributed by atoms with Crippen molar-refractivity contribution < 1.29 is 14.3 Å². The normalized spacial score (nSPS) is 10.3. The number of para-hydroxylation sites is 2. The first kappa shape index (κ1) is 20.0. The Morgan fingerprint density at radius 3 is 2.45 bits per heavy atom. The van der Waals surface area contributed by atoms with Crippen LogP contribution in [0.5, 0.6) is 0 Å². The maximum absolute atomic E-state index is 12.5. The van der Waals surface area contributed by atoms with Crippen LogP contribution < -0.4 is 10.6 Å². The molecule has 0 aliphatic heterocycles. The van der Waals surface area contributed by atoms with Crippen LogP contribution in [0, 0.1) is 6.92 Å². The number of carbonyl (C=O) groups excluding carboxylic acids is 2. The number of methoxy groups -OCH3 is 1. The van der Waals surface area contributed by atoms with Gasteiger partial charge in [-0.05, 0) is 36.6 Å². The second-order valence-corrected chi connectivity index (χ2v) is 6.37. The number of nitrogens with zero attached hydrogens (tertiary/aromatic N) is 2. The third kappa shape index (κ3) is 4.57. The number of amides is 1. The molecule has 2 aromatic carbocycles. The number of hydrogen-bond acceptors (Lipinski definition) is 6. The van der Waals surface area contributed by atoms with Gasteiger partial charge in [0.1, 0.15) is 0 Å². The molecule has 0 unspecified atom stereocenters. The molecule has 1 heterocycles. The van der Waals surface area contributed by atoms with E-state index in [1.54, 1.807) is 24.3 Å². The van der Waals surface area contributed by atoms with Crippen LogP contribution in [-0.2, 0) is 11.2 Å². The molecule has 148 valence electrons. The molecule has 0 spiro atoms. The zero-order valence-corrected chi connectivity index (χ0v) is 16.5. The largest absolute Gasteiger partial charge is 0.465 e. The number of carbonyl (C=O) groups is 2. The molecule has 0 atom stereocenters. The summed E-state index contributed by atoms with van der Waals surface area (Å²) in [6.45, 7) is 4.10. The Morgan fingerprint density at radius 1 is 1.03 bits per heavy atom. The van der Waals surface area contributed by atoms with Crippen molar-refractivity contribution in [3.05, 3.63) is 77.1 Å². The Balaban J connectivity index is 1.76. The molecule has 7 nitrogen and oxygen atoms in total. The minimum Gasteiger partial charge on any atom is -0.465 e. The predicted octanol–water partition coefficient (Wildman–Crippen LogP) is 4.13. The molecule has 0 saturated carbocycles. The van der Waals surface area contributed by atoms with E-state index >= 15 is 0 Å². The summed E-state index contributed by atoms with van der Waals surface area (Å²) in [7, 11) is 1.29. The highest BCUT2D eigenvalue weighted by atomic mass is 16.5. The zero-order chi connectivity index (χ0) is 20.8. The second-order valence-electron chi connectivity index (χ2n) is 6.37. The first-order valence-corrected chi connectivity index (χ1v) is 9.19. The van der Waals surface area contributed by atoms with Gasteiger partial charge in [-0.2, -0.15) is 0 Å². The van der Waals surface area contributed by atoms with Crippen LogP contribution in [0.4, 0.5) is 17.3 Å². The molecule has 0 fully saturated rings. The number of ether oxygens (including phenoxy) is 1. The average molecular weight is 390 g/mol. The molecular formula is C22H22N4O3. The number of rotatable bonds is 6. The quantitative estimate of drug-likeness (QED) is 0.615. The van der Waals surface area contributed by atoms with Gasteiger partial charge in [-0.15, -0.1) is 0 Å². The monoisotopic (exact) mass is 390 g/mol. The van der Waals surface area contributed by atoms with Crippen molar-refractivity contribution >= 4 is 29.2 Å². The lowest BCUT2D eigenvalue weighted by Gasteiger charge is -2.13. The van der Waals surface area contributed by atoms with E-state index in [2.05, 4.69) is 33.6 Å². The van der Waals surface area contributed by atoms with Gasteiger partial charge in [-0.3, -0.25) is 4.79 Å². The smallest absolute Gasteiger partial charge is 0.339 e. The first-order chi connectivity index (χ1) is 14.0. The van der Waals surface area contributed by atoms with Gasteiger partial charge >= 0.3 is 5.97 Å². The fraction of sp³-hybridized carbons (Fsp3) is 0.182. The van der Waals surface area contributed by atoms with E-state index in [9.17, 15) is 9.59 Å². The van der Waals surface area contributed by atoms with Crippen molar-refractivity contribution in [3.8, 4) is 0 Å². The van der Waals surface area contributed by atoms with Crippen LogP contribution in [0.15, 0.2) is 54.9 Å². The summed E-state index contributed by atoms with van der Waals surface area (Å²) in [4.78, 5) is 32.9. The van der Waals surface area contributed by atoms with Crippen molar-refractivity contribution in [1.82, 2.24) is 9.97 Å². The van der Waals surface area contributed by atoms with Gasteiger partial charge < -0.3 is 15.4 Å². The summed E-state index contributed by atoms with van der Waals surface area (Å²) in [5.74, 6) is -0.541. The van der Waals surface area contributed by atoms with E-state index in [1.807, 2.05) is 19.1 Å². The minimum atomic E-state index is -0.526. The lowest BCUT2D eigenvalue weighted by atomic mass is 10.1. The van der Waals surface area contributed by atoms with E-state index in [0.717, 1.165) is 23.2 Å². The van der Waals surface area contributed by atoms with E-state index in [1.165, 1.54) is 19.5 Å². The molecule has 1 amide bonds. The molecular weight excluding hydrogens is 368 g/mol. The van der Waals surface area contributed by atoms with E-state index in [-0.39, 0.29) is 11.1 Å². The van der Waals surface area contributed by atoms with Gasteiger partial charge in [0.25, 0.3) is 5.91 Å². The molecule has 0 saturated heterocycles. The highest BCUT2D eigenvalue weighted by Gasteiger charge is 2.15. The first-order valence-electron chi connectivity index (χ1n) is 9.19. The molecule has 0 bridgehead atoms. The van der Waals surface area contributed by atoms with E-state index < -0.39 is 11.9 Å². The molecule has 7 heteroatoms. The van der Waals surface area contributed by atoms with Gasteiger partial charge in [0.2, 0.25) is 5.95 Å². The number of hydrogen-bond donors (Lipinski definition) is 2. The van der Waals surface area contributed by atoms with Crippen molar-refractivity contribution in [2.45, 2.75) is 20.3 Å². The summed E-state index contributed by atoms with van der Waals surface area (Å²) < 4.78 is 4.74. The Bertz CT molecular complexity index is 1030. The Kier molecular flexibility index (Phi) is 6.19. The van der Waals surface area contributed by atoms with Crippen LogP contribution in [0.3, 0.4) is 0 Å². The fourth-order valence-electron chi connectivity index (χ4n) is 2.90. The summed E-state index contributed by atoms with van der Waals surface area (Å²) in [6, 6.07) is 12.7. The second kappa shape index (κ2) is 8.97. The molecule has 2 N–H and O–H groups in total. The van der Waals surface area contributed by atoms with Crippen LogP contribution in [0.2, 0.25) is 0 Å². The number of aryl methyl sites for hydroxylation is 2. The van der Waals surface area contributed by atoms with Crippen LogP contribution in [0.1, 0.15) is 38.8 Å². The summed E-state index contributed by atoms with van der Waals surface area (Å²) >= 11 is 0. The molecule has 1 aromatic heterocycles. The maximum atomic E-state index is 12.5. The molecule has 0 aliphatic carbocycles. The van der Waals surface area contributed by atoms with Gasteiger partial charge in [-0.1, -0.05) is 37.3 Å². The van der Waals surface area contributed by atoms with Crippen LogP contribution >= 0.6 is 0 Å². The van der Waals surface area contributed by atoms with Crippen molar-refractivity contribution in [2.24, 2.45) is 0 Å². The predicted molar refractivity (Wildman–Crippen MR) is 112 cm³/mol. The third-order valence-corrected chi connectivity index (χ3v) is 4.47. The lowest BCUT2D eigenvalue weighted by Crippen LogP contribution is -2.16. The fourth-order valence-corrected chi connectivity index (χ4v) is 2.90. The van der Waals surface area contributed by atoms with Crippen LogP contribution in [-0.4, -0.2) is 29.0 Å².